The molecule has 8 nitrogen and oxygen atoms in total. The van der Waals surface area contributed by atoms with Gasteiger partial charge in [0.05, 0.1) is 18.3 Å². The Bertz CT molecular complexity index is 1150. The van der Waals surface area contributed by atoms with Gasteiger partial charge >= 0.3 is 5.69 Å². The molecule has 4 rings (SSSR count). The lowest BCUT2D eigenvalue weighted by atomic mass is 10.2. The van der Waals surface area contributed by atoms with E-state index in [2.05, 4.69) is 10.1 Å². The molecule has 8 heteroatoms. The van der Waals surface area contributed by atoms with Gasteiger partial charge in [0.1, 0.15) is 0 Å². The van der Waals surface area contributed by atoms with Crippen LogP contribution in [0.4, 0.5) is 5.95 Å². The van der Waals surface area contributed by atoms with Crippen LogP contribution >= 0.6 is 0 Å². The lowest BCUT2D eigenvalue weighted by Gasteiger charge is -2.29. The number of fused-ring (bicyclic) bond motifs is 3. The average molecular weight is 352 g/mol. The monoisotopic (exact) mass is 352 g/mol. The molecule has 3 heterocycles. The number of aromatic nitrogens is 4. The third-order valence-electron chi connectivity index (χ3n) is 4.95. The summed E-state index contributed by atoms with van der Waals surface area (Å²) in [4.78, 5) is 29.7. The third-order valence-corrected chi connectivity index (χ3v) is 4.95. The van der Waals surface area contributed by atoms with Crippen molar-refractivity contribution in [3.05, 3.63) is 56.7 Å². The number of anilines is 1. The van der Waals surface area contributed by atoms with Crippen LogP contribution < -0.4 is 16.3 Å². The van der Waals surface area contributed by atoms with Gasteiger partial charge in [-0.05, 0) is 19.4 Å². The van der Waals surface area contributed by atoms with E-state index in [0.29, 0.717) is 23.7 Å². The molecule has 0 N–H and O–H groups in total. The second kappa shape index (κ2) is 5.69. The van der Waals surface area contributed by atoms with Crippen LogP contribution in [0, 0.1) is 0 Å². The number of nitrogens with zero attached hydrogens (tertiary/aromatic N) is 6. The minimum atomic E-state index is -0.391. The number of aryl methyl sites for hydroxylation is 1. The molecule has 1 aromatic carbocycles. The molecule has 26 heavy (non-hydrogen) atoms. The van der Waals surface area contributed by atoms with Gasteiger partial charge in [-0.1, -0.05) is 30.3 Å². The average Bonchev–Trinajstić information content (AvgIpc) is 3.04. The molecule has 0 fully saturated rings. The largest absolute Gasteiger partial charge is 0.332 e. The molecule has 0 radical (unpaired) electrons. The van der Waals surface area contributed by atoms with Crippen molar-refractivity contribution in [2.24, 2.45) is 19.2 Å². The summed E-state index contributed by atoms with van der Waals surface area (Å²) < 4.78 is 4.40. The fourth-order valence-corrected chi connectivity index (χ4v) is 3.32. The van der Waals surface area contributed by atoms with Crippen molar-refractivity contribution in [3.63, 3.8) is 0 Å². The van der Waals surface area contributed by atoms with Crippen LogP contribution in [-0.2, 0) is 20.6 Å². The summed E-state index contributed by atoms with van der Waals surface area (Å²) in [6.45, 7) is 4.44. The number of rotatable bonds is 2. The normalized spacial score (nSPS) is 16.7. The Morgan fingerprint density at radius 2 is 1.77 bits per heavy atom. The van der Waals surface area contributed by atoms with E-state index in [0.717, 1.165) is 15.8 Å². The molecule has 1 aliphatic heterocycles. The minimum Gasteiger partial charge on any atom is -0.294 e. The fraction of sp³-hybridized carbons (Fsp3) is 0.333. The zero-order valence-corrected chi connectivity index (χ0v) is 15.2. The van der Waals surface area contributed by atoms with Crippen molar-refractivity contribution in [2.45, 2.75) is 26.4 Å². The van der Waals surface area contributed by atoms with E-state index < -0.39 is 5.69 Å². The molecule has 0 spiro atoms. The van der Waals surface area contributed by atoms with Gasteiger partial charge in [0.25, 0.3) is 5.56 Å². The molecule has 0 aliphatic carbocycles. The summed E-state index contributed by atoms with van der Waals surface area (Å²) in [6, 6.07) is 9.83. The molecular formula is C18H20N6O2. The summed E-state index contributed by atoms with van der Waals surface area (Å²) >= 11 is 0. The van der Waals surface area contributed by atoms with E-state index in [1.54, 1.807) is 12.1 Å². The maximum absolute atomic E-state index is 12.8. The van der Waals surface area contributed by atoms with Gasteiger partial charge in [-0.15, -0.1) is 0 Å². The molecule has 0 unspecified atom stereocenters. The van der Waals surface area contributed by atoms with E-state index >= 15 is 0 Å². The van der Waals surface area contributed by atoms with Crippen LogP contribution in [0.15, 0.2) is 45.0 Å². The maximum atomic E-state index is 12.8. The maximum Gasteiger partial charge on any atom is 0.332 e. The number of hydrogen-bond acceptors (Lipinski definition) is 5. The molecule has 3 aromatic rings. The van der Waals surface area contributed by atoms with Crippen molar-refractivity contribution >= 4 is 22.8 Å². The molecule has 134 valence electrons. The van der Waals surface area contributed by atoms with Crippen molar-refractivity contribution in [2.75, 3.05) is 5.01 Å². The van der Waals surface area contributed by atoms with E-state index in [-0.39, 0.29) is 11.6 Å². The molecule has 0 saturated carbocycles. The van der Waals surface area contributed by atoms with Crippen LogP contribution in [-0.4, -0.2) is 24.4 Å². The SMILES string of the molecule is CC1=NN(Cc2ccccc2)c2nc3c(c(=O)n(C)c(=O)n3C)n2[C@@H]1C. The highest BCUT2D eigenvalue weighted by Crippen LogP contribution is 2.30. The van der Waals surface area contributed by atoms with E-state index in [9.17, 15) is 9.59 Å². The summed E-state index contributed by atoms with van der Waals surface area (Å²) in [5.74, 6) is 0.570. The first-order valence-corrected chi connectivity index (χ1v) is 8.44. The molecule has 1 aliphatic rings. The molecule has 0 bridgehead atoms. The molecule has 2 aromatic heterocycles. The van der Waals surface area contributed by atoms with Crippen molar-refractivity contribution in [3.8, 4) is 0 Å². The van der Waals surface area contributed by atoms with Gasteiger partial charge in [0, 0.05) is 14.1 Å². The first-order chi connectivity index (χ1) is 12.4. The predicted molar refractivity (Wildman–Crippen MR) is 101 cm³/mol. The molecular weight excluding hydrogens is 332 g/mol. The third kappa shape index (κ3) is 2.22. The lowest BCUT2D eigenvalue weighted by Crippen LogP contribution is -2.38. The summed E-state index contributed by atoms with van der Waals surface area (Å²) in [5.41, 5.74) is 2.02. The fourth-order valence-electron chi connectivity index (χ4n) is 3.32. The Hall–Kier alpha value is -3.16. The Kier molecular flexibility index (Phi) is 3.57. The molecule has 1 atom stereocenters. The first kappa shape index (κ1) is 16.3. The number of benzene rings is 1. The summed E-state index contributed by atoms with van der Waals surface area (Å²) in [6.07, 6.45) is 0. The van der Waals surface area contributed by atoms with E-state index in [1.165, 1.54) is 11.6 Å². The highest BCUT2D eigenvalue weighted by Gasteiger charge is 2.30. The van der Waals surface area contributed by atoms with Crippen molar-refractivity contribution in [1.82, 2.24) is 18.7 Å². The minimum absolute atomic E-state index is 0.118. The van der Waals surface area contributed by atoms with Crippen molar-refractivity contribution < 1.29 is 0 Å². The number of hydrazone groups is 1. The highest BCUT2D eigenvalue weighted by molar-refractivity contribution is 5.91. The van der Waals surface area contributed by atoms with Crippen LogP contribution in [0.1, 0.15) is 25.5 Å². The van der Waals surface area contributed by atoms with Crippen LogP contribution in [0.5, 0.6) is 0 Å². The predicted octanol–water partition coefficient (Wildman–Crippen LogP) is 1.39. The summed E-state index contributed by atoms with van der Waals surface area (Å²) in [7, 11) is 3.11. The number of hydrogen-bond donors (Lipinski definition) is 0. The first-order valence-electron chi connectivity index (χ1n) is 8.44. The zero-order valence-electron chi connectivity index (χ0n) is 15.2. The van der Waals surface area contributed by atoms with Gasteiger partial charge in [-0.2, -0.15) is 10.1 Å². The Labute approximate surface area is 149 Å². The lowest BCUT2D eigenvalue weighted by molar-refractivity contribution is 0.634. The van der Waals surface area contributed by atoms with Crippen LogP contribution in [0.25, 0.3) is 11.2 Å². The van der Waals surface area contributed by atoms with E-state index in [1.807, 2.05) is 48.7 Å². The summed E-state index contributed by atoms with van der Waals surface area (Å²) in [5, 5.41) is 6.46. The van der Waals surface area contributed by atoms with Gasteiger partial charge in [0.15, 0.2) is 11.2 Å². The standard InChI is InChI=1S/C18H20N6O2/c1-11-12(2)24-14-15(21(3)18(26)22(4)16(14)25)19-17(24)23(20-11)10-13-8-6-5-7-9-13/h5-9,12H,10H2,1-4H3/t12-/m1/s1. The Balaban J connectivity index is 1.99. The quantitative estimate of drug-likeness (QED) is 0.698. The smallest absolute Gasteiger partial charge is 0.294 e. The Morgan fingerprint density at radius 3 is 2.46 bits per heavy atom. The zero-order chi connectivity index (χ0) is 18.6. The second-order valence-corrected chi connectivity index (χ2v) is 6.62. The number of imidazole rings is 1. The van der Waals surface area contributed by atoms with Crippen LogP contribution in [0.3, 0.4) is 0 Å². The van der Waals surface area contributed by atoms with Gasteiger partial charge in [-0.25, -0.2) is 9.80 Å². The van der Waals surface area contributed by atoms with E-state index in [4.69, 9.17) is 0 Å². The topological polar surface area (TPSA) is 77.4 Å². The highest BCUT2D eigenvalue weighted by atomic mass is 16.2. The van der Waals surface area contributed by atoms with Gasteiger partial charge in [0.2, 0.25) is 5.95 Å². The second-order valence-electron chi connectivity index (χ2n) is 6.62. The van der Waals surface area contributed by atoms with Crippen LogP contribution in [0.2, 0.25) is 0 Å². The Morgan fingerprint density at radius 1 is 1.08 bits per heavy atom. The molecule has 0 amide bonds. The van der Waals surface area contributed by atoms with Gasteiger partial charge < -0.3 is 0 Å². The van der Waals surface area contributed by atoms with Crippen molar-refractivity contribution in [1.29, 1.82) is 0 Å². The molecule has 0 saturated heterocycles. The van der Waals surface area contributed by atoms with Gasteiger partial charge in [-0.3, -0.25) is 18.5 Å².